The van der Waals surface area contributed by atoms with Gasteiger partial charge in [-0.3, -0.25) is 4.68 Å². The van der Waals surface area contributed by atoms with Gasteiger partial charge in [-0.25, -0.2) is 0 Å². The molecule has 1 heterocycles. The number of nitrogens with zero attached hydrogens (tertiary/aromatic N) is 3. The van der Waals surface area contributed by atoms with Crippen LogP contribution >= 0.6 is 0 Å². The van der Waals surface area contributed by atoms with Crippen LogP contribution in [-0.2, 0) is 13.0 Å². The predicted octanol–water partition coefficient (Wildman–Crippen LogP) is 2.14. The highest BCUT2D eigenvalue weighted by atomic mass is 15.3. The first-order chi connectivity index (χ1) is 6.36. The molecular formula is C10H15N3. The highest BCUT2D eigenvalue weighted by Crippen LogP contribution is 2.02. The fourth-order valence-corrected chi connectivity index (χ4v) is 1.18. The van der Waals surface area contributed by atoms with Crippen molar-refractivity contribution in [3.05, 3.63) is 18.0 Å². The molecule has 1 aromatic rings. The van der Waals surface area contributed by atoms with Crippen molar-refractivity contribution in [3.63, 3.8) is 0 Å². The Kier molecular flexibility index (Phi) is 4.04. The van der Waals surface area contributed by atoms with Crippen LogP contribution in [0.5, 0.6) is 0 Å². The number of aryl methyl sites for hydroxylation is 2. The standard InChI is InChI=1S/C10H15N3/c1-2-3-5-10-6-9-13(12-10)8-4-7-11/h6,9H,2-5,8H2,1H3. The molecule has 0 saturated carbocycles. The number of aromatic nitrogens is 2. The number of rotatable bonds is 5. The lowest BCUT2D eigenvalue weighted by Crippen LogP contribution is -1.98. The Labute approximate surface area is 79.0 Å². The van der Waals surface area contributed by atoms with E-state index in [1.165, 1.54) is 12.8 Å². The highest BCUT2D eigenvalue weighted by Gasteiger charge is 1.97. The van der Waals surface area contributed by atoms with Gasteiger partial charge in [-0.2, -0.15) is 10.4 Å². The third kappa shape index (κ3) is 3.29. The molecule has 70 valence electrons. The summed E-state index contributed by atoms with van der Waals surface area (Å²) in [6.45, 7) is 2.88. The minimum Gasteiger partial charge on any atom is -0.271 e. The zero-order valence-corrected chi connectivity index (χ0v) is 8.03. The van der Waals surface area contributed by atoms with Crippen LogP contribution in [0, 0.1) is 11.3 Å². The van der Waals surface area contributed by atoms with E-state index in [1.54, 1.807) is 0 Å². The van der Waals surface area contributed by atoms with Gasteiger partial charge in [0.2, 0.25) is 0 Å². The van der Waals surface area contributed by atoms with Crippen LogP contribution in [0.1, 0.15) is 31.9 Å². The van der Waals surface area contributed by atoms with Gasteiger partial charge in [0.15, 0.2) is 0 Å². The molecule has 0 unspecified atom stereocenters. The summed E-state index contributed by atoms with van der Waals surface area (Å²) in [6, 6.07) is 4.14. The molecule has 0 aromatic carbocycles. The van der Waals surface area contributed by atoms with Crippen LogP contribution < -0.4 is 0 Å². The lowest BCUT2D eigenvalue weighted by molar-refractivity contribution is 0.612. The number of nitriles is 1. The average Bonchev–Trinajstić information content (AvgIpc) is 2.59. The number of hydrogen-bond acceptors (Lipinski definition) is 2. The molecule has 0 aliphatic rings. The molecule has 0 spiro atoms. The molecule has 1 aromatic heterocycles. The van der Waals surface area contributed by atoms with Gasteiger partial charge in [-0.1, -0.05) is 13.3 Å². The second kappa shape index (κ2) is 5.36. The van der Waals surface area contributed by atoms with E-state index in [9.17, 15) is 0 Å². The van der Waals surface area contributed by atoms with E-state index in [2.05, 4.69) is 18.1 Å². The fraction of sp³-hybridized carbons (Fsp3) is 0.600. The van der Waals surface area contributed by atoms with Gasteiger partial charge >= 0.3 is 0 Å². The molecule has 0 aliphatic carbocycles. The van der Waals surface area contributed by atoms with E-state index in [1.807, 2.05) is 16.9 Å². The molecule has 0 fully saturated rings. The van der Waals surface area contributed by atoms with Crippen molar-refractivity contribution in [2.75, 3.05) is 0 Å². The molecule has 1 rings (SSSR count). The lowest BCUT2D eigenvalue weighted by atomic mass is 10.2. The topological polar surface area (TPSA) is 41.6 Å². The molecule has 0 N–H and O–H groups in total. The Hall–Kier alpha value is -1.30. The van der Waals surface area contributed by atoms with Crippen LogP contribution in [0.4, 0.5) is 0 Å². The summed E-state index contributed by atoms with van der Waals surface area (Å²) in [7, 11) is 0. The monoisotopic (exact) mass is 177 g/mol. The zero-order valence-electron chi connectivity index (χ0n) is 8.03. The number of unbranched alkanes of at least 4 members (excludes halogenated alkanes) is 1. The summed E-state index contributed by atoms with van der Waals surface area (Å²) in [5.74, 6) is 0. The van der Waals surface area contributed by atoms with Crippen LogP contribution in [0.25, 0.3) is 0 Å². The van der Waals surface area contributed by atoms with Gasteiger partial charge in [0.05, 0.1) is 24.7 Å². The summed E-state index contributed by atoms with van der Waals surface area (Å²) in [5, 5.41) is 12.7. The van der Waals surface area contributed by atoms with Crippen LogP contribution in [0.3, 0.4) is 0 Å². The van der Waals surface area contributed by atoms with Gasteiger partial charge in [0.1, 0.15) is 0 Å². The van der Waals surface area contributed by atoms with Crippen molar-refractivity contribution >= 4 is 0 Å². The van der Waals surface area contributed by atoms with Gasteiger partial charge in [-0.15, -0.1) is 0 Å². The Morgan fingerprint density at radius 3 is 3.15 bits per heavy atom. The normalized spacial score (nSPS) is 9.85. The Morgan fingerprint density at radius 2 is 2.46 bits per heavy atom. The van der Waals surface area contributed by atoms with E-state index in [0.717, 1.165) is 12.1 Å². The summed E-state index contributed by atoms with van der Waals surface area (Å²) in [6.07, 6.45) is 5.92. The van der Waals surface area contributed by atoms with E-state index < -0.39 is 0 Å². The molecule has 3 nitrogen and oxygen atoms in total. The molecule has 13 heavy (non-hydrogen) atoms. The summed E-state index contributed by atoms with van der Waals surface area (Å²) in [5.41, 5.74) is 1.14. The predicted molar refractivity (Wildman–Crippen MR) is 51.1 cm³/mol. The van der Waals surface area contributed by atoms with E-state index in [4.69, 9.17) is 5.26 Å². The van der Waals surface area contributed by atoms with E-state index >= 15 is 0 Å². The quantitative estimate of drug-likeness (QED) is 0.691. The Bertz CT molecular complexity index is 283. The second-order valence-electron chi connectivity index (χ2n) is 3.08. The van der Waals surface area contributed by atoms with Gasteiger partial charge < -0.3 is 0 Å². The van der Waals surface area contributed by atoms with Crippen LogP contribution in [0.2, 0.25) is 0 Å². The van der Waals surface area contributed by atoms with Crippen molar-refractivity contribution in [2.24, 2.45) is 0 Å². The molecule has 0 aliphatic heterocycles. The van der Waals surface area contributed by atoms with E-state index in [0.29, 0.717) is 13.0 Å². The molecular weight excluding hydrogens is 162 g/mol. The minimum absolute atomic E-state index is 0.537. The van der Waals surface area contributed by atoms with Crippen LogP contribution in [0.15, 0.2) is 12.3 Å². The zero-order chi connectivity index (χ0) is 9.52. The molecule has 0 saturated heterocycles. The maximum atomic E-state index is 8.38. The largest absolute Gasteiger partial charge is 0.271 e. The molecule has 0 radical (unpaired) electrons. The van der Waals surface area contributed by atoms with Crippen molar-refractivity contribution in [1.29, 1.82) is 5.26 Å². The Morgan fingerprint density at radius 1 is 1.62 bits per heavy atom. The Balaban J connectivity index is 2.40. The van der Waals surface area contributed by atoms with Gasteiger partial charge in [0, 0.05) is 6.20 Å². The molecule has 0 atom stereocenters. The first-order valence-corrected chi connectivity index (χ1v) is 4.76. The number of hydrogen-bond donors (Lipinski definition) is 0. The lowest BCUT2D eigenvalue weighted by Gasteiger charge is -1.95. The third-order valence-electron chi connectivity index (χ3n) is 1.94. The maximum absolute atomic E-state index is 8.38. The molecule has 0 bridgehead atoms. The van der Waals surface area contributed by atoms with Crippen molar-refractivity contribution in [1.82, 2.24) is 9.78 Å². The highest BCUT2D eigenvalue weighted by molar-refractivity contribution is 4.98. The summed E-state index contributed by atoms with van der Waals surface area (Å²) >= 11 is 0. The van der Waals surface area contributed by atoms with E-state index in [-0.39, 0.29) is 0 Å². The van der Waals surface area contributed by atoms with Gasteiger partial charge in [0.25, 0.3) is 0 Å². The maximum Gasteiger partial charge on any atom is 0.0641 e. The summed E-state index contributed by atoms with van der Waals surface area (Å²) in [4.78, 5) is 0. The van der Waals surface area contributed by atoms with Crippen LogP contribution in [-0.4, -0.2) is 9.78 Å². The first kappa shape index (κ1) is 9.79. The third-order valence-corrected chi connectivity index (χ3v) is 1.94. The van der Waals surface area contributed by atoms with Gasteiger partial charge in [-0.05, 0) is 18.9 Å². The van der Waals surface area contributed by atoms with Crippen molar-refractivity contribution < 1.29 is 0 Å². The average molecular weight is 177 g/mol. The van der Waals surface area contributed by atoms with Crippen molar-refractivity contribution in [2.45, 2.75) is 39.2 Å². The fourth-order valence-electron chi connectivity index (χ4n) is 1.18. The smallest absolute Gasteiger partial charge is 0.0641 e. The summed E-state index contributed by atoms with van der Waals surface area (Å²) < 4.78 is 1.84. The van der Waals surface area contributed by atoms with Crippen molar-refractivity contribution in [3.8, 4) is 6.07 Å². The minimum atomic E-state index is 0.537. The SMILES string of the molecule is CCCCc1ccn(CCC#N)n1. The first-order valence-electron chi connectivity index (χ1n) is 4.76. The molecule has 3 heteroatoms. The second-order valence-corrected chi connectivity index (χ2v) is 3.08. The molecule has 0 amide bonds.